The van der Waals surface area contributed by atoms with Crippen LogP contribution in [0.5, 0.6) is 0 Å². The minimum atomic E-state index is -0.304. The smallest absolute Gasteiger partial charge is 0.173 e. The van der Waals surface area contributed by atoms with Crippen LogP contribution >= 0.6 is 15.9 Å². The molecule has 0 saturated heterocycles. The zero-order chi connectivity index (χ0) is 15.0. The van der Waals surface area contributed by atoms with E-state index in [2.05, 4.69) is 30.9 Å². The molecule has 7 heteroatoms. The van der Waals surface area contributed by atoms with Crippen molar-refractivity contribution in [1.29, 1.82) is 0 Å². The van der Waals surface area contributed by atoms with Crippen molar-refractivity contribution >= 4 is 21.6 Å². The van der Waals surface area contributed by atoms with Gasteiger partial charge in [0.15, 0.2) is 11.5 Å². The van der Waals surface area contributed by atoms with E-state index < -0.39 is 0 Å². The average Bonchev–Trinajstić information content (AvgIpc) is 2.94. The molecule has 0 aliphatic heterocycles. The van der Waals surface area contributed by atoms with Gasteiger partial charge in [-0.3, -0.25) is 9.58 Å². The minimum absolute atomic E-state index is 0.304. The Kier molecular flexibility index (Phi) is 3.77. The lowest BCUT2D eigenvalue weighted by Crippen LogP contribution is -2.19. The van der Waals surface area contributed by atoms with Crippen molar-refractivity contribution in [2.75, 3.05) is 7.05 Å². The van der Waals surface area contributed by atoms with Crippen molar-refractivity contribution in [3.63, 3.8) is 0 Å². The fourth-order valence-electron chi connectivity index (χ4n) is 2.33. The predicted molar refractivity (Wildman–Crippen MR) is 81.2 cm³/mol. The highest BCUT2D eigenvalue weighted by molar-refractivity contribution is 9.10. The maximum atomic E-state index is 13.6. The molecular weight excluding hydrogens is 337 g/mol. The molecule has 0 N–H and O–H groups in total. The van der Waals surface area contributed by atoms with Gasteiger partial charge in [-0.2, -0.15) is 5.10 Å². The van der Waals surface area contributed by atoms with Crippen LogP contribution in [0.25, 0.3) is 5.65 Å². The third-order valence-corrected chi connectivity index (χ3v) is 3.68. The first-order valence-corrected chi connectivity index (χ1v) is 7.31. The van der Waals surface area contributed by atoms with Gasteiger partial charge in [0.05, 0.1) is 11.4 Å². The van der Waals surface area contributed by atoms with E-state index in [0.29, 0.717) is 12.2 Å². The summed E-state index contributed by atoms with van der Waals surface area (Å²) in [7, 11) is 3.91. The number of aryl methyl sites for hydroxylation is 1. The maximum Gasteiger partial charge on any atom is 0.173 e. The highest BCUT2D eigenvalue weighted by Crippen LogP contribution is 2.14. The second kappa shape index (κ2) is 5.57. The molecule has 3 aromatic heterocycles. The first-order valence-electron chi connectivity index (χ1n) is 6.52. The maximum absolute atomic E-state index is 13.6. The van der Waals surface area contributed by atoms with Crippen LogP contribution in [0.4, 0.5) is 4.39 Å². The van der Waals surface area contributed by atoms with Gasteiger partial charge in [0, 0.05) is 32.5 Å². The molecule has 0 bridgehead atoms. The minimum Gasteiger partial charge on any atom is -0.304 e. The molecule has 0 aliphatic carbocycles. The van der Waals surface area contributed by atoms with E-state index >= 15 is 0 Å². The molecule has 0 amide bonds. The van der Waals surface area contributed by atoms with E-state index in [0.717, 1.165) is 22.5 Å². The van der Waals surface area contributed by atoms with Gasteiger partial charge < -0.3 is 4.40 Å². The van der Waals surface area contributed by atoms with Crippen LogP contribution in [-0.4, -0.2) is 31.1 Å². The van der Waals surface area contributed by atoms with Crippen LogP contribution in [0.15, 0.2) is 35.2 Å². The van der Waals surface area contributed by atoms with Crippen LogP contribution in [0.1, 0.15) is 11.4 Å². The third kappa shape index (κ3) is 2.98. The molecule has 0 fully saturated rings. The number of imidazole rings is 1. The summed E-state index contributed by atoms with van der Waals surface area (Å²) in [6, 6.07) is 5.08. The number of pyridine rings is 1. The lowest BCUT2D eigenvalue weighted by atomic mass is 10.3. The van der Waals surface area contributed by atoms with Crippen LogP contribution in [0.2, 0.25) is 0 Å². The van der Waals surface area contributed by atoms with Gasteiger partial charge in [-0.05, 0) is 41.2 Å². The van der Waals surface area contributed by atoms with Crippen molar-refractivity contribution in [3.8, 4) is 0 Å². The van der Waals surface area contributed by atoms with E-state index in [4.69, 9.17) is 0 Å². The Balaban J connectivity index is 1.75. The summed E-state index contributed by atoms with van der Waals surface area (Å²) in [6.07, 6.45) is 3.65. The van der Waals surface area contributed by atoms with Crippen molar-refractivity contribution in [1.82, 2.24) is 24.1 Å². The Labute approximate surface area is 130 Å². The Morgan fingerprint density at radius 2 is 2.19 bits per heavy atom. The van der Waals surface area contributed by atoms with E-state index in [-0.39, 0.29) is 5.82 Å². The highest BCUT2D eigenvalue weighted by atomic mass is 79.9. The molecule has 0 aliphatic rings. The summed E-state index contributed by atoms with van der Waals surface area (Å²) in [4.78, 5) is 6.45. The average molecular weight is 352 g/mol. The Bertz CT molecular complexity index is 779. The number of aromatic nitrogens is 4. The SMILES string of the molecule is CN(Cc1cn2cccc(F)c2n1)Cc1cc(Br)nn1C. The molecule has 3 aromatic rings. The lowest BCUT2D eigenvalue weighted by Gasteiger charge is -2.14. The number of fused-ring (bicyclic) bond motifs is 1. The van der Waals surface area contributed by atoms with E-state index in [1.54, 1.807) is 16.7 Å². The van der Waals surface area contributed by atoms with Gasteiger partial charge in [-0.1, -0.05) is 0 Å². The number of rotatable bonds is 4. The predicted octanol–water partition coefficient (Wildman–Crippen LogP) is 2.60. The summed E-state index contributed by atoms with van der Waals surface area (Å²) >= 11 is 3.36. The highest BCUT2D eigenvalue weighted by Gasteiger charge is 2.10. The second-order valence-electron chi connectivity index (χ2n) is 5.07. The van der Waals surface area contributed by atoms with Gasteiger partial charge in [-0.25, -0.2) is 9.37 Å². The molecule has 0 radical (unpaired) electrons. The molecule has 5 nitrogen and oxygen atoms in total. The summed E-state index contributed by atoms with van der Waals surface area (Å²) in [6.45, 7) is 1.38. The third-order valence-electron chi connectivity index (χ3n) is 3.30. The zero-order valence-electron chi connectivity index (χ0n) is 11.8. The molecule has 0 atom stereocenters. The van der Waals surface area contributed by atoms with E-state index in [1.165, 1.54) is 6.07 Å². The van der Waals surface area contributed by atoms with Crippen molar-refractivity contribution < 1.29 is 4.39 Å². The Hall–Kier alpha value is -1.73. The monoisotopic (exact) mass is 351 g/mol. The normalized spacial score (nSPS) is 11.7. The summed E-state index contributed by atoms with van der Waals surface area (Å²) < 4.78 is 18.0. The van der Waals surface area contributed by atoms with E-state index in [9.17, 15) is 4.39 Å². The molecule has 21 heavy (non-hydrogen) atoms. The molecule has 110 valence electrons. The molecule has 0 unspecified atom stereocenters. The van der Waals surface area contributed by atoms with Gasteiger partial charge in [0.2, 0.25) is 0 Å². The molecule has 3 rings (SSSR count). The first-order chi connectivity index (χ1) is 10.0. The first kappa shape index (κ1) is 14.2. The number of hydrogen-bond donors (Lipinski definition) is 0. The van der Waals surface area contributed by atoms with Gasteiger partial charge in [0.1, 0.15) is 4.60 Å². The van der Waals surface area contributed by atoms with Crippen LogP contribution in [0, 0.1) is 5.82 Å². The number of hydrogen-bond acceptors (Lipinski definition) is 3. The Morgan fingerprint density at radius 1 is 1.38 bits per heavy atom. The summed E-state index contributed by atoms with van der Waals surface area (Å²) in [5.74, 6) is -0.304. The zero-order valence-corrected chi connectivity index (χ0v) is 13.4. The Morgan fingerprint density at radius 3 is 2.86 bits per heavy atom. The number of halogens is 2. The van der Waals surface area contributed by atoms with Crippen molar-refractivity contribution in [3.05, 3.63) is 52.4 Å². The summed E-state index contributed by atoms with van der Waals surface area (Å²) in [5, 5.41) is 4.25. The molecule has 3 heterocycles. The van der Waals surface area contributed by atoms with Crippen molar-refractivity contribution in [2.24, 2.45) is 7.05 Å². The molecular formula is C14H15BrFN5. The number of nitrogens with zero attached hydrogens (tertiary/aromatic N) is 5. The topological polar surface area (TPSA) is 38.4 Å². The fraction of sp³-hybridized carbons (Fsp3) is 0.286. The van der Waals surface area contributed by atoms with Crippen LogP contribution in [0.3, 0.4) is 0 Å². The largest absolute Gasteiger partial charge is 0.304 e. The van der Waals surface area contributed by atoms with Crippen molar-refractivity contribution in [2.45, 2.75) is 13.1 Å². The standard InChI is InChI=1S/C14H15BrFN5/c1-19(9-11-6-13(15)18-20(11)2)7-10-8-21-5-3-4-12(16)14(21)17-10/h3-6,8H,7,9H2,1-2H3. The fourth-order valence-corrected chi connectivity index (χ4v) is 2.83. The molecule has 0 spiro atoms. The lowest BCUT2D eigenvalue weighted by molar-refractivity contribution is 0.306. The molecule has 0 aromatic carbocycles. The quantitative estimate of drug-likeness (QED) is 0.725. The molecule has 0 saturated carbocycles. The van der Waals surface area contributed by atoms with Gasteiger partial charge in [0.25, 0.3) is 0 Å². The van der Waals surface area contributed by atoms with E-state index in [1.807, 2.05) is 31.0 Å². The van der Waals surface area contributed by atoms with Gasteiger partial charge >= 0.3 is 0 Å². The second-order valence-corrected chi connectivity index (χ2v) is 5.89. The van der Waals surface area contributed by atoms with Gasteiger partial charge in [-0.15, -0.1) is 0 Å². The van der Waals surface area contributed by atoms with Crippen LogP contribution in [-0.2, 0) is 20.1 Å². The van der Waals surface area contributed by atoms with Crippen LogP contribution < -0.4 is 0 Å². The summed E-state index contributed by atoms with van der Waals surface area (Å²) in [5.41, 5.74) is 2.30.